The van der Waals surface area contributed by atoms with Gasteiger partial charge in [0.25, 0.3) is 0 Å². The zero-order valence-electron chi connectivity index (χ0n) is 9.79. The van der Waals surface area contributed by atoms with Crippen molar-refractivity contribution in [2.45, 2.75) is 45.1 Å². The van der Waals surface area contributed by atoms with Crippen LogP contribution in [-0.4, -0.2) is 24.4 Å². The maximum absolute atomic E-state index is 11.8. The normalized spacial score (nSPS) is 33.1. The molecule has 1 aliphatic carbocycles. The van der Waals surface area contributed by atoms with E-state index in [2.05, 4.69) is 17.6 Å². The minimum Gasteiger partial charge on any atom is -0.355 e. The Labute approximate surface area is 96.2 Å². The standard InChI is InChI=1S/C12H20N2O2/c1-2-3-8-6-10(8)14-12(16)9-4-5-11(15)13-7-9/h8-10H,2-7H2,1H3,(H,13,15)(H,14,16). The summed E-state index contributed by atoms with van der Waals surface area (Å²) in [6.45, 7) is 2.68. The molecule has 0 aromatic rings. The highest BCUT2D eigenvalue weighted by Crippen LogP contribution is 2.34. The summed E-state index contributed by atoms with van der Waals surface area (Å²) in [6.07, 6.45) is 4.73. The molecule has 2 fully saturated rings. The molecule has 4 heteroatoms. The van der Waals surface area contributed by atoms with Gasteiger partial charge in [-0.25, -0.2) is 0 Å². The lowest BCUT2D eigenvalue weighted by Crippen LogP contribution is -2.43. The Balaban J connectivity index is 1.70. The first kappa shape index (κ1) is 11.4. The van der Waals surface area contributed by atoms with Gasteiger partial charge in [0.15, 0.2) is 0 Å². The van der Waals surface area contributed by atoms with Crippen LogP contribution in [0.1, 0.15) is 39.0 Å². The van der Waals surface area contributed by atoms with E-state index < -0.39 is 0 Å². The summed E-state index contributed by atoms with van der Waals surface area (Å²) in [5.41, 5.74) is 0. The zero-order chi connectivity index (χ0) is 11.5. The number of nitrogens with one attached hydrogen (secondary N) is 2. The smallest absolute Gasteiger partial charge is 0.225 e. The van der Waals surface area contributed by atoms with Crippen molar-refractivity contribution in [1.29, 1.82) is 0 Å². The van der Waals surface area contributed by atoms with E-state index in [0.717, 1.165) is 6.42 Å². The fourth-order valence-corrected chi connectivity index (χ4v) is 2.37. The molecule has 90 valence electrons. The van der Waals surface area contributed by atoms with Crippen LogP contribution in [0.2, 0.25) is 0 Å². The average Bonchev–Trinajstić information content (AvgIpc) is 2.98. The molecule has 2 amide bonds. The van der Waals surface area contributed by atoms with Gasteiger partial charge >= 0.3 is 0 Å². The largest absolute Gasteiger partial charge is 0.355 e. The SMILES string of the molecule is CCCC1CC1NC(=O)C1CCC(=O)NC1. The molecule has 16 heavy (non-hydrogen) atoms. The van der Waals surface area contributed by atoms with Crippen LogP contribution in [0, 0.1) is 11.8 Å². The maximum Gasteiger partial charge on any atom is 0.225 e. The van der Waals surface area contributed by atoms with Crippen LogP contribution in [0.25, 0.3) is 0 Å². The third-order valence-electron chi connectivity index (χ3n) is 3.55. The van der Waals surface area contributed by atoms with E-state index in [0.29, 0.717) is 31.3 Å². The van der Waals surface area contributed by atoms with Gasteiger partial charge in [0.1, 0.15) is 0 Å². The van der Waals surface area contributed by atoms with Gasteiger partial charge in [0.2, 0.25) is 11.8 Å². The first-order valence-electron chi connectivity index (χ1n) is 6.27. The molecule has 0 aromatic heterocycles. The molecule has 1 saturated heterocycles. The van der Waals surface area contributed by atoms with Gasteiger partial charge in [-0.2, -0.15) is 0 Å². The molecular formula is C12H20N2O2. The lowest BCUT2D eigenvalue weighted by Gasteiger charge is -2.21. The molecule has 1 saturated carbocycles. The van der Waals surface area contributed by atoms with Crippen molar-refractivity contribution in [2.24, 2.45) is 11.8 Å². The predicted molar refractivity (Wildman–Crippen MR) is 60.7 cm³/mol. The Morgan fingerprint density at radius 2 is 2.38 bits per heavy atom. The van der Waals surface area contributed by atoms with Gasteiger partial charge in [-0.1, -0.05) is 13.3 Å². The van der Waals surface area contributed by atoms with E-state index in [-0.39, 0.29) is 17.7 Å². The summed E-state index contributed by atoms with van der Waals surface area (Å²) >= 11 is 0. The molecule has 1 aliphatic heterocycles. The number of hydrogen-bond donors (Lipinski definition) is 2. The first-order valence-corrected chi connectivity index (χ1v) is 6.27. The lowest BCUT2D eigenvalue weighted by atomic mass is 9.98. The predicted octanol–water partition coefficient (Wildman–Crippen LogP) is 0.817. The van der Waals surface area contributed by atoms with E-state index in [1.807, 2.05) is 0 Å². The second-order valence-electron chi connectivity index (χ2n) is 4.94. The van der Waals surface area contributed by atoms with Crippen molar-refractivity contribution in [3.63, 3.8) is 0 Å². The average molecular weight is 224 g/mol. The van der Waals surface area contributed by atoms with Gasteiger partial charge in [0, 0.05) is 19.0 Å². The summed E-state index contributed by atoms with van der Waals surface area (Å²) in [5, 5.41) is 5.83. The number of amides is 2. The molecule has 3 atom stereocenters. The Morgan fingerprint density at radius 1 is 1.56 bits per heavy atom. The summed E-state index contributed by atoms with van der Waals surface area (Å²) < 4.78 is 0. The number of rotatable bonds is 4. The van der Waals surface area contributed by atoms with Crippen molar-refractivity contribution in [3.05, 3.63) is 0 Å². The highest BCUT2D eigenvalue weighted by molar-refractivity contribution is 5.84. The lowest BCUT2D eigenvalue weighted by molar-refractivity contribution is -0.129. The number of hydrogen-bond acceptors (Lipinski definition) is 2. The monoisotopic (exact) mass is 224 g/mol. The third-order valence-corrected chi connectivity index (χ3v) is 3.55. The Hall–Kier alpha value is -1.06. The first-order chi connectivity index (χ1) is 7.70. The van der Waals surface area contributed by atoms with Crippen molar-refractivity contribution >= 4 is 11.8 Å². The molecule has 1 heterocycles. The quantitative estimate of drug-likeness (QED) is 0.742. The molecule has 3 unspecified atom stereocenters. The third kappa shape index (κ3) is 2.74. The van der Waals surface area contributed by atoms with E-state index in [1.54, 1.807) is 0 Å². The van der Waals surface area contributed by atoms with Gasteiger partial charge in [0.05, 0.1) is 5.92 Å². The minimum atomic E-state index is -0.0134. The van der Waals surface area contributed by atoms with E-state index >= 15 is 0 Å². The number of carbonyl (C=O) groups excluding carboxylic acids is 2. The fraction of sp³-hybridized carbons (Fsp3) is 0.833. The van der Waals surface area contributed by atoms with E-state index in [9.17, 15) is 9.59 Å². The molecule has 2 aliphatic rings. The van der Waals surface area contributed by atoms with Crippen molar-refractivity contribution in [2.75, 3.05) is 6.54 Å². The molecule has 0 aromatic carbocycles. The van der Waals surface area contributed by atoms with Gasteiger partial charge in [-0.15, -0.1) is 0 Å². The highest BCUT2D eigenvalue weighted by Gasteiger charge is 2.38. The van der Waals surface area contributed by atoms with Gasteiger partial charge < -0.3 is 10.6 Å². The van der Waals surface area contributed by atoms with Crippen molar-refractivity contribution in [1.82, 2.24) is 10.6 Å². The van der Waals surface area contributed by atoms with E-state index in [4.69, 9.17) is 0 Å². The molecule has 0 bridgehead atoms. The van der Waals surface area contributed by atoms with Crippen LogP contribution in [0.15, 0.2) is 0 Å². The Bertz CT molecular complexity index is 281. The van der Waals surface area contributed by atoms with E-state index in [1.165, 1.54) is 12.8 Å². The topological polar surface area (TPSA) is 58.2 Å². The van der Waals surface area contributed by atoms with Crippen LogP contribution in [-0.2, 0) is 9.59 Å². The van der Waals surface area contributed by atoms with Crippen LogP contribution >= 0.6 is 0 Å². The molecule has 4 nitrogen and oxygen atoms in total. The van der Waals surface area contributed by atoms with Crippen LogP contribution in [0.4, 0.5) is 0 Å². The second-order valence-corrected chi connectivity index (χ2v) is 4.94. The minimum absolute atomic E-state index is 0.0134. The summed E-state index contributed by atoms with van der Waals surface area (Å²) in [5.74, 6) is 0.885. The Morgan fingerprint density at radius 3 is 3.00 bits per heavy atom. The van der Waals surface area contributed by atoms with Gasteiger partial charge in [-0.3, -0.25) is 9.59 Å². The molecule has 2 rings (SSSR count). The zero-order valence-corrected chi connectivity index (χ0v) is 9.79. The van der Waals surface area contributed by atoms with Crippen molar-refractivity contribution < 1.29 is 9.59 Å². The van der Waals surface area contributed by atoms with Crippen LogP contribution in [0.5, 0.6) is 0 Å². The second kappa shape index (κ2) is 4.85. The maximum atomic E-state index is 11.8. The molecule has 0 radical (unpaired) electrons. The van der Waals surface area contributed by atoms with Crippen molar-refractivity contribution in [3.8, 4) is 0 Å². The Kier molecular flexibility index (Phi) is 3.46. The summed E-state index contributed by atoms with van der Waals surface area (Å²) in [4.78, 5) is 22.8. The number of piperidine rings is 1. The highest BCUT2D eigenvalue weighted by atomic mass is 16.2. The number of carbonyl (C=O) groups is 2. The molecule has 0 spiro atoms. The van der Waals surface area contributed by atoms with Crippen LogP contribution in [0.3, 0.4) is 0 Å². The van der Waals surface area contributed by atoms with Gasteiger partial charge in [-0.05, 0) is 25.2 Å². The summed E-state index contributed by atoms with van der Waals surface area (Å²) in [7, 11) is 0. The van der Waals surface area contributed by atoms with Crippen LogP contribution < -0.4 is 10.6 Å². The molecular weight excluding hydrogens is 204 g/mol. The summed E-state index contributed by atoms with van der Waals surface area (Å²) in [6, 6.07) is 0.407. The fourth-order valence-electron chi connectivity index (χ4n) is 2.37. The molecule has 2 N–H and O–H groups in total.